The summed E-state index contributed by atoms with van der Waals surface area (Å²) in [6, 6.07) is 17.6. The topological polar surface area (TPSA) is 125 Å². The monoisotopic (exact) mass is 389 g/mol. The van der Waals surface area contributed by atoms with E-state index in [1.165, 1.54) is 4.90 Å². The molecule has 0 spiro atoms. The van der Waals surface area contributed by atoms with Gasteiger partial charge in [-0.3, -0.25) is 4.79 Å². The van der Waals surface area contributed by atoms with Crippen molar-refractivity contribution in [3.05, 3.63) is 65.7 Å². The van der Waals surface area contributed by atoms with Crippen molar-refractivity contribution in [2.45, 2.75) is 6.54 Å². The number of nitrogens with two attached hydrogens (primary N) is 1. The van der Waals surface area contributed by atoms with Gasteiger partial charge in [0.05, 0.1) is 6.07 Å². The van der Waals surface area contributed by atoms with Crippen LogP contribution in [0.1, 0.15) is 15.9 Å². The minimum Gasteiger partial charge on any atom is -0.356 e. The predicted octanol–water partition coefficient (Wildman–Crippen LogP) is 2.77. The zero-order valence-corrected chi connectivity index (χ0v) is 15.8. The lowest BCUT2D eigenvalue weighted by Gasteiger charge is -2.13. The molecule has 29 heavy (non-hydrogen) atoms. The first-order valence-corrected chi connectivity index (χ1v) is 8.80. The molecule has 0 saturated carbocycles. The molecule has 3 aromatic rings. The third-order valence-corrected chi connectivity index (χ3v) is 4.29. The highest BCUT2D eigenvalue weighted by Crippen LogP contribution is 2.27. The van der Waals surface area contributed by atoms with Gasteiger partial charge in [0.1, 0.15) is 12.2 Å². The fraction of sp³-hybridized carbons (Fsp3) is 0.143. The first kappa shape index (κ1) is 19.6. The van der Waals surface area contributed by atoms with Gasteiger partial charge in [-0.05, 0) is 17.7 Å². The van der Waals surface area contributed by atoms with E-state index in [4.69, 9.17) is 15.5 Å². The minimum absolute atomic E-state index is 0.0532. The lowest BCUT2D eigenvalue weighted by molar-refractivity contribution is 0.0958. The summed E-state index contributed by atoms with van der Waals surface area (Å²) in [5.74, 6) is 0.253. The van der Waals surface area contributed by atoms with Gasteiger partial charge in [-0.1, -0.05) is 41.6 Å². The van der Waals surface area contributed by atoms with Gasteiger partial charge in [-0.2, -0.15) is 5.26 Å². The van der Waals surface area contributed by atoms with Crippen LogP contribution in [0, 0.1) is 11.3 Å². The molecule has 1 aromatic heterocycles. The van der Waals surface area contributed by atoms with E-state index in [1.54, 1.807) is 31.3 Å². The van der Waals surface area contributed by atoms with Gasteiger partial charge in [-0.25, -0.2) is 4.79 Å². The van der Waals surface area contributed by atoms with Gasteiger partial charge in [-0.15, -0.1) is 0 Å². The summed E-state index contributed by atoms with van der Waals surface area (Å²) in [6.45, 7) is 0.361. The minimum atomic E-state index is -0.488. The normalized spacial score (nSPS) is 10.2. The maximum atomic E-state index is 12.0. The van der Waals surface area contributed by atoms with E-state index in [-0.39, 0.29) is 12.5 Å². The number of urea groups is 1. The smallest absolute Gasteiger partial charge is 0.314 e. The van der Waals surface area contributed by atoms with Gasteiger partial charge in [0.15, 0.2) is 5.76 Å². The highest BCUT2D eigenvalue weighted by Gasteiger charge is 2.12. The number of hydrogen-bond acceptors (Lipinski definition) is 5. The Kier molecular flexibility index (Phi) is 5.90. The van der Waals surface area contributed by atoms with Gasteiger partial charge < -0.3 is 20.5 Å². The van der Waals surface area contributed by atoms with E-state index < -0.39 is 6.03 Å². The van der Waals surface area contributed by atoms with Crippen LogP contribution >= 0.6 is 0 Å². The highest BCUT2D eigenvalue weighted by molar-refractivity contribution is 5.95. The number of benzene rings is 2. The molecule has 8 nitrogen and oxygen atoms in total. The van der Waals surface area contributed by atoms with E-state index in [9.17, 15) is 9.59 Å². The second-order valence-corrected chi connectivity index (χ2v) is 6.39. The van der Waals surface area contributed by atoms with Crippen LogP contribution < -0.4 is 11.1 Å². The first-order chi connectivity index (χ1) is 14.0. The summed E-state index contributed by atoms with van der Waals surface area (Å²) >= 11 is 0. The maximum absolute atomic E-state index is 12.0. The molecule has 0 saturated heterocycles. The molecule has 2 aromatic carbocycles. The van der Waals surface area contributed by atoms with E-state index in [1.807, 2.05) is 36.4 Å². The molecule has 3 amide bonds. The summed E-state index contributed by atoms with van der Waals surface area (Å²) < 4.78 is 5.45. The third-order valence-electron chi connectivity index (χ3n) is 4.29. The molecule has 3 N–H and O–H groups in total. The second-order valence-electron chi connectivity index (χ2n) is 6.39. The zero-order valence-electron chi connectivity index (χ0n) is 15.8. The molecule has 3 rings (SSSR count). The molecule has 0 aliphatic carbocycles. The van der Waals surface area contributed by atoms with Crippen molar-refractivity contribution in [2.24, 2.45) is 5.73 Å². The fourth-order valence-electron chi connectivity index (χ4n) is 2.72. The molecular formula is C21H19N5O3. The van der Waals surface area contributed by atoms with Crippen molar-refractivity contribution in [2.75, 3.05) is 13.6 Å². The van der Waals surface area contributed by atoms with Crippen LogP contribution in [0.5, 0.6) is 0 Å². The van der Waals surface area contributed by atoms with Crippen molar-refractivity contribution in [1.82, 2.24) is 15.4 Å². The third kappa shape index (κ3) is 4.78. The number of carbonyl (C=O) groups excluding carboxylic acids is 2. The number of carbonyl (C=O) groups is 2. The molecule has 0 aliphatic rings. The summed E-state index contributed by atoms with van der Waals surface area (Å²) in [4.78, 5) is 24.6. The molecule has 8 heteroatoms. The summed E-state index contributed by atoms with van der Waals surface area (Å²) in [5, 5.41) is 15.2. The number of hydrogen-bond donors (Lipinski definition) is 2. The molecule has 0 fully saturated rings. The Morgan fingerprint density at radius 1 is 1.17 bits per heavy atom. The van der Waals surface area contributed by atoms with E-state index in [0.29, 0.717) is 23.6 Å². The second kappa shape index (κ2) is 8.71. The lowest BCUT2D eigenvalue weighted by atomic mass is 10.1. The van der Waals surface area contributed by atoms with Gasteiger partial charge in [0.25, 0.3) is 5.91 Å². The lowest BCUT2D eigenvalue weighted by Crippen LogP contribution is -2.31. The average Bonchev–Trinajstić information content (AvgIpc) is 3.23. The Morgan fingerprint density at radius 3 is 2.62 bits per heavy atom. The molecule has 1 heterocycles. The van der Waals surface area contributed by atoms with Gasteiger partial charge in [0.2, 0.25) is 0 Å². The quantitative estimate of drug-likeness (QED) is 0.627. The standard InChI is InChI=1S/C21H19N5O3/c1-26(21(23)28)13-14-5-7-15(8-6-14)19-12-18(25-29-19)16-3-2-4-17(11-16)20(27)24-10-9-22/h2-8,11-12H,10,13H2,1H3,(H2,23,28)(H,24,27). The van der Waals surface area contributed by atoms with Gasteiger partial charge >= 0.3 is 6.03 Å². The Morgan fingerprint density at radius 2 is 1.93 bits per heavy atom. The number of nitrogens with zero attached hydrogens (tertiary/aromatic N) is 3. The Balaban J connectivity index is 1.76. The number of nitriles is 1. The largest absolute Gasteiger partial charge is 0.356 e. The van der Waals surface area contributed by atoms with E-state index in [2.05, 4.69) is 10.5 Å². The van der Waals surface area contributed by atoms with Crippen molar-refractivity contribution < 1.29 is 14.1 Å². The number of rotatable bonds is 6. The fourth-order valence-corrected chi connectivity index (χ4v) is 2.72. The number of aromatic nitrogens is 1. The maximum Gasteiger partial charge on any atom is 0.314 e. The first-order valence-electron chi connectivity index (χ1n) is 8.80. The molecule has 0 atom stereocenters. The molecule has 0 unspecified atom stereocenters. The van der Waals surface area contributed by atoms with Crippen LogP contribution in [-0.4, -0.2) is 35.6 Å². The van der Waals surface area contributed by atoms with Gasteiger partial charge in [0, 0.05) is 36.3 Å². The van der Waals surface area contributed by atoms with Crippen LogP contribution in [0.15, 0.2) is 59.1 Å². The van der Waals surface area contributed by atoms with Crippen molar-refractivity contribution in [3.8, 4) is 28.7 Å². The summed E-state index contributed by atoms with van der Waals surface area (Å²) in [7, 11) is 1.63. The molecule has 146 valence electrons. The van der Waals surface area contributed by atoms with Crippen molar-refractivity contribution in [1.29, 1.82) is 5.26 Å². The zero-order chi connectivity index (χ0) is 20.8. The van der Waals surface area contributed by atoms with Crippen molar-refractivity contribution >= 4 is 11.9 Å². The van der Waals surface area contributed by atoms with Crippen LogP contribution in [0.3, 0.4) is 0 Å². The number of amides is 3. The Bertz CT molecular complexity index is 1070. The van der Waals surface area contributed by atoms with Crippen LogP contribution in [-0.2, 0) is 6.54 Å². The predicted molar refractivity (Wildman–Crippen MR) is 106 cm³/mol. The van der Waals surface area contributed by atoms with Crippen LogP contribution in [0.4, 0.5) is 4.79 Å². The van der Waals surface area contributed by atoms with Crippen LogP contribution in [0.2, 0.25) is 0 Å². The highest BCUT2D eigenvalue weighted by atomic mass is 16.5. The molecular weight excluding hydrogens is 370 g/mol. The van der Waals surface area contributed by atoms with E-state index in [0.717, 1.165) is 16.7 Å². The van der Waals surface area contributed by atoms with Crippen LogP contribution in [0.25, 0.3) is 22.6 Å². The molecule has 0 radical (unpaired) electrons. The van der Waals surface area contributed by atoms with E-state index >= 15 is 0 Å². The average molecular weight is 389 g/mol. The summed E-state index contributed by atoms with van der Waals surface area (Å²) in [6.07, 6.45) is 0. The SMILES string of the molecule is CN(Cc1ccc(-c2cc(-c3cccc(C(=O)NCC#N)c3)no2)cc1)C(N)=O. The Hall–Kier alpha value is -4.12. The Labute approximate surface area is 167 Å². The molecule has 0 aliphatic heterocycles. The number of primary amides is 1. The number of nitrogens with one attached hydrogen (secondary N) is 1. The van der Waals surface area contributed by atoms with Crippen molar-refractivity contribution in [3.63, 3.8) is 0 Å². The summed E-state index contributed by atoms with van der Waals surface area (Å²) in [5.41, 5.74) is 8.76. The molecule has 0 bridgehead atoms.